The zero-order valence-corrected chi connectivity index (χ0v) is 17.5. The highest BCUT2D eigenvalue weighted by molar-refractivity contribution is 6.12. The van der Waals surface area contributed by atoms with Crippen molar-refractivity contribution in [3.8, 4) is 5.75 Å². The van der Waals surface area contributed by atoms with E-state index in [1.807, 2.05) is 49.4 Å². The van der Waals surface area contributed by atoms with Crippen LogP contribution in [0.5, 0.6) is 5.75 Å². The van der Waals surface area contributed by atoms with Crippen molar-refractivity contribution in [1.82, 2.24) is 0 Å². The van der Waals surface area contributed by atoms with Crippen molar-refractivity contribution in [2.24, 2.45) is 0 Å². The predicted molar refractivity (Wildman–Crippen MR) is 120 cm³/mol. The van der Waals surface area contributed by atoms with Crippen molar-refractivity contribution in [3.63, 3.8) is 0 Å². The van der Waals surface area contributed by atoms with E-state index in [0.29, 0.717) is 30.0 Å². The van der Waals surface area contributed by atoms with Crippen LogP contribution in [0.25, 0.3) is 0 Å². The molecule has 3 aromatic rings. The summed E-state index contributed by atoms with van der Waals surface area (Å²) in [5.41, 5.74) is 3.42. The van der Waals surface area contributed by atoms with Gasteiger partial charge in [0.05, 0.1) is 24.3 Å². The summed E-state index contributed by atoms with van der Waals surface area (Å²) in [7, 11) is 0. The van der Waals surface area contributed by atoms with Crippen molar-refractivity contribution >= 4 is 23.3 Å². The van der Waals surface area contributed by atoms with Gasteiger partial charge in [0.25, 0.3) is 5.91 Å². The van der Waals surface area contributed by atoms with Crippen LogP contribution in [0.1, 0.15) is 46.3 Å². The van der Waals surface area contributed by atoms with Crippen molar-refractivity contribution in [1.29, 1.82) is 0 Å². The number of ether oxygens (including phenoxy) is 2. The van der Waals surface area contributed by atoms with Crippen LogP contribution in [-0.4, -0.2) is 25.1 Å². The molecule has 4 rings (SSSR count). The molecule has 1 N–H and O–H groups in total. The van der Waals surface area contributed by atoms with Gasteiger partial charge in [-0.15, -0.1) is 0 Å². The van der Waals surface area contributed by atoms with Gasteiger partial charge in [0, 0.05) is 11.4 Å². The Labute approximate surface area is 181 Å². The summed E-state index contributed by atoms with van der Waals surface area (Å²) >= 11 is 0. The molecule has 1 amide bonds. The minimum atomic E-state index is -0.411. The Hall–Kier alpha value is -3.80. The summed E-state index contributed by atoms with van der Waals surface area (Å²) in [5.74, 6) is 0.279. The Morgan fingerprint density at radius 3 is 2.32 bits per heavy atom. The second kappa shape index (κ2) is 8.92. The number of para-hydroxylation sites is 1. The molecule has 6 heteroatoms. The van der Waals surface area contributed by atoms with Gasteiger partial charge < -0.3 is 14.8 Å². The number of hydrogen-bond acceptors (Lipinski definition) is 5. The molecule has 1 aliphatic rings. The minimum absolute atomic E-state index is 0.114. The quantitative estimate of drug-likeness (QED) is 0.571. The van der Waals surface area contributed by atoms with Crippen LogP contribution in [0, 0.1) is 0 Å². The molecule has 0 fully saturated rings. The third-order valence-electron chi connectivity index (χ3n) is 5.09. The van der Waals surface area contributed by atoms with Gasteiger partial charge in [0.15, 0.2) is 0 Å². The largest absolute Gasteiger partial charge is 0.494 e. The van der Waals surface area contributed by atoms with Gasteiger partial charge in [-0.05, 0) is 67.9 Å². The first-order valence-electron chi connectivity index (χ1n) is 10.3. The topological polar surface area (TPSA) is 67.9 Å². The molecule has 0 saturated heterocycles. The number of nitrogens with zero attached hydrogens (tertiary/aromatic N) is 1. The molecule has 0 aliphatic carbocycles. The molecule has 0 spiro atoms. The smallest absolute Gasteiger partial charge is 0.338 e. The number of carbonyl (C=O) groups excluding carboxylic acids is 2. The van der Waals surface area contributed by atoms with E-state index in [1.54, 1.807) is 42.2 Å². The van der Waals surface area contributed by atoms with Crippen LogP contribution in [-0.2, 0) is 4.74 Å². The van der Waals surface area contributed by atoms with E-state index in [4.69, 9.17) is 9.47 Å². The molecule has 0 saturated carbocycles. The fourth-order valence-corrected chi connectivity index (χ4v) is 3.64. The molecular formula is C25H24N2O4. The van der Waals surface area contributed by atoms with Crippen LogP contribution < -0.4 is 15.0 Å². The zero-order valence-electron chi connectivity index (χ0n) is 17.5. The Morgan fingerprint density at radius 2 is 1.65 bits per heavy atom. The molecular weight excluding hydrogens is 392 g/mol. The summed E-state index contributed by atoms with van der Waals surface area (Å²) in [6.07, 6.45) is -0.411. The van der Waals surface area contributed by atoms with E-state index in [9.17, 15) is 9.59 Å². The summed E-state index contributed by atoms with van der Waals surface area (Å²) in [6.45, 7) is 4.61. The Balaban J connectivity index is 1.73. The molecule has 31 heavy (non-hydrogen) atoms. The first kappa shape index (κ1) is 20.5. The zero-order chi connectivity index (χ0) is 21.8. The van der Waals surface area contributed by atoms with E-state index in [0.717, 1.165) is 17.0 Å². The van der Waals surface area contributed by atoms with E-state index in [-0.39, 0.29) is 11.9 Å². The Morgan fingerprint density at radius 1 is 0.935 bits per heavy atom. The lowest BCUT2D eigenvalue weighted by Crippen LogP contribution is -2.43. The summed E-state index contributed by atoms with van der Waals surface area (Å²) in [5, 5.41) is 3.47. The van der Waals surface area contributed by atoms with Crippen LogP contribution in [0.3, 0.4) is 0 Å². The highest BCUT2D eigenvalue weighted by Gasteiger charge is 2.34. The van der Waals surface area contributed by atoms with Crippen LogP contribution >= 0.6 is 0 Å². The van der Waals surface area contributed by atoms with Gasteiger partial charge >= 0.3 is 5.97 Å². The first-order valence-corrected chi connectivity index (χ1v) is 10.3. The monoisotopic (exact) mass is 416 g/mol. The average Bonchev–Trinajstić information content (AvgIpc) is 2.80. The van der Waals surface area contributed by atoms with E-state index < -0.39 is 6.17 Å². The van der Waals surface area contributed by atoms with Gasteiger partial charge in [0.1, 0.15) is 11.9 Å². The first-order chi connectivity index (χ1) is 15.1. The maximum atomic E-state index is 13.5. The third-order valence-corrected chi connectivity index (χ3v) is 5.09. The Kier molecular flexibility index (Phi) is 5.89. The van der Waals surface area contributed by atoms with E-state index in [2.05, 4.69) is 5.32 Å². The molecule has 1 aliphatic heterocycles. The third kappa shape index (κ3) is 4.10. The summed E-state index contributed by atoms with van der Waals surface area (Å²) in [6, 6.07) is 22.0. The second-order valence-electron chi connectivity index (χ2n) is 7.04. The van der Waals surface area contributed by atoms with Crippen LogP contribution in [0.4, 0.5) is 11.4 Å². The van der Waals surface area contributed by atoms with Crippen molar-refractivity contribution < 1.29 is 19.1 Å². The van der Waals surface area contributed by atoms with Crippen molar-refractivity contribution in [3.05, 3.63) is 89.5 Å². The molecule has 1 heterocycles. The molecule has 158 valence electrons. The maximum Gasteiger partial charge on any atom is 0.338 e. The lowest BCUT2D eigenvalue weighted by atomic mass is 10.0. The lowest BCUT2D eigenvalue weighted by molar-refractivity contribution is 0.0526. The predicted octanol–water partition coefficient (Wildman–Crippen LogP) is 5.03. The number of esters is 1. The standard InChI is InChI=1S/C25H24N2O4/c1-3-30-20-15-11-17(12-16-20)23-26-22-8-6-5-7-21(22)24(28)27(23)19-13-9-18(10-14-19)25(29)31-4-2/h5-16,23,26H,3-4H2,1-2H3. The van der Waals surface area contributed by atoms with Gasteiger partial charge in [-0.3, -0.25) is 9.69 Å². The molecule has 0 radical (unpaired) electrons. The minimum Gasteiger partial charge on any atom is -0.494 e. The fourth-order valence-electron chi connectivity index (χ4n) is 3.64. The lowest BCUT2D eigenvalue weighted by Gasteiger charge is -2.38. The van der Waals surface area contributed by atoms with E-state index in [1.165, 1.54) is 0 Å². The molecule has 1 atom stereocenters. The number of nitrogens with one attached hydrogen (secondary N) is 1. The number of amides is 1. The summed E-state index contributed by atoms with van der Waals surface area (Å²) < 4.78 is 10.6. The number of fused-ring (bicyclic) bond motifs is 1. The highest BCUT2D eigenvalue weighted by Crippen LogP contribution is 2.37. The Bertz CT molecular complexity index is 1080. The second-order valence-corrected chi connectivity index (χ2v) is 7.04. The van der Waals surface area contributed by atoms with Crippen molar-refractivity contribution in [2.45, 2.75) is 20.0 Å². The number of benzene rings is 3. The number of hydrogen-bond donors (Lipinski definition) is 1. The maximum absolute atomic E-state index is 13.5. The van der Waals surface area contributed by atoms with Gasteiger partial charge in [-0.1, -0.05) is 24.3 Å². The van der Waals surface area contributed by atoms with Gasteiger partial charge in [0.2, 0.25) is 0 Å². The number of anilines is 2. The van der Waals surface area contributed by atoms with E-state index >= 15 is 0 Å². The highest BCUT2D eigenvalue weighted by atomic mass is 16.5. The normalized spacial score (nSPS) is 15.1. The summed E-state index contributed by atoms with van der Waals surface area (Å²) in [4.78, 5) is 27.2. The molecule has 1 unspecified atom stereocenters. The fraction of sp³-hybridized carbons (Fsp3) is 0.200. The molecule has 6 nitrogen and oxygen atoms in total. The van der Waals surface area contributed by atoms with Crippen LogP contribution in [0.2, 0.25) is 0 Å². The number of carbonyl (C=O) groups is 2. The van der Waals surface area contributed by atoms with Crippen LogP contribution in [0.15, 0.2) is 72.8 Å². The van der Waals surface area contributed by atoms with Crippen molar-refractivity contribution in [2.75, 3.05) is 23.4 Å². The van der Waals surface area contributed by atoms with Gasteiger partial charge in [-0.25, -0.2) is 4.79 Å². The molecule has 3 aromatic carbocycles. The molecule has 0 bridgehead atoms. The number of rotatable bonds is 6. The SMILES string of the molecule is CCOC(=O)c1ccc(N2C(=O)c3ccccc3NC2c2ccc(OCC)cc2)cc1. The molecule has 0 aromatic heterocycles. The average molecular weight is 416 g/mol. The van der Waals surface area contributed by atoms with Gasteiger partial charge in [-0.2, -0.15) is 0 Å².